The average molecular weight is 329 g/mol. The van der Waals surface area contributed by atoms with Gasteiger partial charge >= 0.3 is 6.09 Å². The fourth-order valence-corrected chi connectivity index (χ4v) is 2.48. The van der Waals surface area contributed by atoms with Crippen LogP contribution in [-0.2, 0) is 4.74 Å². The lowest BCUT2D eigenvalue weighted by atomic mass is 10.00. The van der Waals surface area contributed by atoms with Gasteiger partial charge in [-0.2, -0.15) is 0 Å². The van der Waals surface area contributed by atoms with Crippen LogP contribution in [0.25, 0.3) is 0 Å². The van der Waals surface area contributed by atoms with Crippen molar-refractivity contribution in [3.63, 3.8) is 0 Å². The van der Waals surface area contributed by atoms with Crippen LogP contribution in [0.3, 0.4) is 0 Å². The fraction of sp³-hybridized carbons (Fsp3) is 0.947. The fourth-order valence-electron chi connectivity index (χ4n) is 2.48. The zero-order valence-corrected chi connectivity index (χ0v) is 16.6. The Bertz CT molecular complexity index is 299. The van der Waals surface area contributed by atoms with E-state index in [9.17, 15) is 4.79 Å². The molecule has 0 unspecified atom stereocenters. The molecule has 1 amide bonds. The van der Waals surface area contributed by atoms with Crippen LogP contribution < -0.4 is 5.32 Å². The predicted octanol–water partition coefficient (Wildman–Crippen LogP) is 4.69. The number of piperidine rings is 2. The molecule has 0 radical (unpaired) electrons. The number of nitrogens with zero attached hydrogens (tertiary/aromatic N) is 1. The van der Waals surface area contributed by atoms with Gasteiger partial charge in [0, 0.05) is 13.1 Å². The zero-order chi connectivity index (χ0) is 17.9. The van der Waals surface area contributed by atoms with Gasteiger partial charge in [-0.25, -0.2) is 4.79 Å². The van der Waals surface area contributed by atoms with Crippen LogP contribution in [-0.4, -0.2) is 42.8 Å². The van der Waals surface area contributed by atoms with Crippen LogP contribution in [0, 0.1) is 11.8 Å². The van der Waals surface area contributed by atoms with Gasteiger partial charge in [-0.15, -0.1) is 0 Å². The number of rotatable bonds is 0. The first kappa shape index (κ1) is 22.2. The van der Waals surface area contributed by atoms with Gasteiger partial charge in [-0.1, -0.05) is 27.7 Å². The van der Waals surface area contributed by atoms with E-state index in [2.05, 4.69) is 19.2 Å². The maximum atomic E-state index is 11.6. The van der Waals surface area contributed by atoms with Crippen molar-refractivity contribution in [2.45, 2.75) is 79.8 Å². The molecule has 2 saturated heterocycles. The first-order chi connectivity index (χ1) is 10.8. The second kappa shape index (κ2) is 11.7. The molecule has 2 aliphatic rings. The summed E-state index contributed by atoms with van der Waals surface area (Å²) < 4.78 is 5.30. The van der Waals surface area contributed by atoms with Gasteiger partial charge in [0.1, 0.15) is 5.60 Å². The van der Waals surface area contributed by atoms with E-state index in [1.165, 1.54) is 25.9 Å². The van der Waals surface area contributed by atoms with Crippen molar-refractivity contribution < 1.29 is 9.53 Å². The van der Waals surface area contributed by atoms with Crippen molar-refractivity contribution >= 4 is 6.09 Å². The van der Waals surface area contributed by atoms with Gasteiger partial charge in [0.05, 0.1) is 0 Å². The molecular formula is C19H40N2O2. The van der Waals surface area contributed by atoms with Crippen molar-refractivity contribution in [1.29, 1.82) is 0 Å². The van der Waals surface area contributed by atoms with Crippen molar-refractivity contribution in [1.82, 2.24) is 10.2 Å². The summed E-state index contributed by atoms with van der Waals surface area (Å²) in [6.07, 6.45) is 4.78. The predicted molar refractivity (Wildman–Crippen MR) is 98.8 cm³/mol. The van der Waals surface area contributed by atoms with Gasteiger partial charge in [-0.05, 0) is 71.4 Å². The Kier molecular flexibility index (Phi) is 11.3. The third-order valence-corrected chi connectivity index (χ3v) is 4.06. The summed E-state index contributed by atoms with van der Waals surface area (Å²) in [6, 6.07) is 0. The largest absolute Gasteiger partial charge is 0.444 e. The maximum absolute atomic E-state index is 11.6. The van der Waals surface area contributed by atoms with E-state index >= 15 is 0 Å². The zero-order valence-electron chi connectivity index (χ0n) is 16.6. The molecule has 0 aromatic rings. The number of likely N-dealkylation sites (tertiary alicyclic amines) is 1. The Morgan fingerprint density at radius 3 is 1.74 bits per heavy atom. The first-order valence-electron chi connectivity index (χ1n) is 9.46. The molecule has 2 aliphatic heterocycles. The Balaban J connectivity index is 0.000000449. The lowest BCUT2D eigenvalue weighted by molar-refractivity contribution is 0.0190. The van der Waals surface area contributed by atoms with Gasteiger partial charge in [0.15, 0.2) is 0 Å². The van der Waals surface area contributed by atoms with Crippen molar-refractivity contribution in [2.75, 3.05) is 26.2 Å². The highest BCUT2D eigenvalue weighted by Gasteiger charge is 2.25. The third kappa shape index (κ3) is 11.4. The van der Waals surface area contributed by atoms with E-state index in [0.29, 0.717) is 0 Å². The second-order valence-electron chi connectivity index (χ2n) is 7.58. The topological polar surface area (TPSA) is 41.6 Å². The van der Waals surface area contributed by atoms with Crippen LogP contribution in [0.5, 0.6) is 0 Å². The second-order valence-corrected chi connectivity index (χ2v) is 7.58. The molecule has 0 spiro atoms. The minimum absolute atomic E-state index is 0.163. The number of hydrogen-bond donors (Lipinski definition) is 1. The highest BCUT2D eigenvalue weighted by molar-refractivity contribution is 5.68. The molecule has 0 aliphatic carbocycles. The molecular weight excluding hydrogens is 288 g/mol. The van der Waals surface area contributed by atoms with E-state index in [4.69, 9.17) is 4.74 Å². The van der Waals surface area contributed by atoms with Gasteiger partial charge in [0.25, 0.3) is 0 Å². The van der Waals surface area contributed by atoms with Gasteiger partial charge < -0.3 is 15.0 Å². The minimum Gasteiger partial charge on any atom is -0.444 e. The molecule has 2 heterocycles. The van der Waals surface area contributed by atoms with E-state index < -0.39 is 0 Å². The van der Waals surface area contributed by atoms with Crippen molar-refractivity contribution in [2.24, 2.45) is 11.8 Å². The molecule has 4 heteroatoms. The summed E-state index contributed by atoms with van der Waals surface area (Å²) in [5, 5.41) is 3.32. The molecule has 1 N–H and O–H groups in total. The van der Waals surface area contributed by atoms with Gasteiger partial charge in [0.2, 0.25) is 0 Å². The lowest BCUT2D eigenvalue weighted by Gasteiger charge is -2.32. The number of ether oxygens (including phenoxy) is 1. The number of nitrogens with one attached hydrogen (secondary N) is 1. The summed E-state index contributed by atoms with van der Waals surface area (Å²) in [5.74, 6) is 1.72. The number of hydrogen-bond acceptors (Lipinski definition) is 3. The summed E-state index contributed by atoms with van der Waals surface area (Å²) in [7, 11) is 0. The molecule has 4 nitrogen and oxygen atoms in total. The van der Waals surface area contributed by atoms with Crippen molar-refractivity contribution in [3.8, 4) is 0 Å². The van der Waals surface area contributed by atoms with E-state index in [1.54, 1.807) is 0 Å². The smallest absolute Gasteiger partial charge is 0.410 e. The molecule has 0 bridgehead atoms. The average Bonchev–Trinajstić information content (AvgIpc) is 2.49. The van der Waals surface area contributed by atoms with Crippen LogP contribution in [0.2, 0.25) is 0 Å². The normalized spacial score (nSPS) is 19.9. The van der Waals surface area contributed by atoms with E-state index in [-0.39, 0.29) is 11.7 Å². The summed E-state index contributed by atoms with van der Waals surface area (Å²) in [6.45, 7) is 18.4. The third-order valence-electron chi connectivity index (χ3n) is 4.06. The molecule has 0 saturated carbocycles. The Morgan fingerprint density at radius 2 is 1.39 bits per heavy atom. The van der Waals surface area contributed by atoms with Gasteiger partial charge in [-0.3, -0.25) is 0 Å². The number of carbonyl (C=O) groups is 1. The number of amides is 1. The van der Waals surface area contributed by atoms with Crippen LogP contribution >= 0.6 is 0 Å². The standard InChI is InChI=1S/C11H21NO2.C6H13N.C2H6/c1-9-5-7-12(8-6-9)10(13)14-11(2,3)4;1-6-2-4-7-5-3-6;1-2/h9H,5-8H2,1-4H3;6-7H,2-5H2,1H3;1-2H3. The van der Waals surface area contributed by atoms with Crippen LogP contribution in [0.15, 0.2) is 0 Å². The molecule has 2 rings (SSSR count). The van der Waals surface area contributed by atoms with Crippen LogP contribution in [0.4, 0.5) is 4.79 Å². The highest BCUT2D eigenvalue weighted by atomic mass is 16.6. The Labute approximate surface area is 144 Å². The first-order valence-corrected chi connectivity index (χ1v) is 9.46. The quantitative estimate of drug-likeness (QED) is 0.701. The molecule has 0 atom stereocenters. The van der Waals surface area contributed by atoms with Crippen molar-refractivity contribution in [3.05, 3.63) is 0 Å². The van der Waals surface area contributed by atoms with E-state index in [1.807, 2.05) is 39.5 Å². The molecule has 0 aromatic carbocycles. The maximum Gasteiger partial charge on any atom is 0.410 e. The molecule has 23 heavy (non-hydrogen) atoms. The monoisotopic (exact) mass is 328 g/mol. The molecule has 2 fully saturated rings. The minimum atomic E-state index is -0.375. The van der Waals surface area contributed by atoms with Crippen LogP contribution in [0.1, 0.15) is 74.1 Å². The summed E-state index contributed by atoms with van der Waals surface area (Å²) in [4.78, 5) is 13.4. The molecule has 138 valence electrons. The molecule has 0 aromatic heterocycles. The van der Waals surface area contributed by atoms with E-state index in [0.717, 1.165) is 37.8 Å². The number of carbonyl (C=O) groups excluding carboxylic acids is 1. The Morgan fingerprint density at radius 1 is 0.957 bits per heavy atom. The summed E-state index contributed by atoms with van der Waals surface area (Å²) in [5.41, 5.74) is -0.375. The SMILES string of the molecule is CC.CC1CCN(C(=O)OC(C)(C)C)CC1.CC1CCNCC1. The summed E-state index contributed by atoms with van der Waals surface area (Å²) >= 11 is 0. The lowest BCUT2D eigenvalue weighted by Crippen LogP contribution is -2.41. The Hall–Kier alpha value is -0.770. The highest BCUT2D eigenvalue weighted by Crippen LogP contribution is 2.18.